The van der Waals surface area contributed by atoms with Crippen molar-refractivity contribution >= 4 is 28.8 Å². The molecule has 5 heteroatoms. The average Bonchev–Trinajstić information content (AvgIpc) is 2.53. The van der Waals surface area contributed by atoms with E-state index in [0.29, 0.717) is 28.5 Å². The van der Waals surface area contributed by atoms with Gasteiger partial charge in [0.1, 0.15) is 12.7 Å². The molecule has 0 fully saturated rings. The standard InChI is InChI=1S/C19H17ClN2O2/c1-13-11-22(2,17-9-8-15(20)10-18(17)23)12-16(21-13)19(24)14-6-4-3-5-7-14/h3-10,12H,11H2,1-2H3/p+1. The largest absolute Gasteiger partial charge is 0.503 e. The molecule has 2 aromatic carbocycles. The molecule has 0 saturated heterocycles. The van der Waals surface area contributed by atoms with Crippen LogP contribution >= 0.6 is 11.6 Å². The lowest BCUT2D eigenvalue weighted by Gasteiger charge is -2.33. The van der Waals surface area contributed by atoms with Gasteiger partial charge in [-0.15, -0.1) is 0 Å². The number of phenolic OH excluding ortho intramolecular Hbond substituents is 1. The molecule has 0 bridgehead atoms. The van der Waals surface area contributed by atoms with Gasteiger partial charge in [-0.05, 0) is 13.0 Å². The predicted octanol–water partition coefficient (Wildman–Crippen LogP) is 4.18. The van der Waals surface area contributed by atoms with Gasteiger partial charge in [-0.25, -0.2) is 4.99 Å². The first-order valence-corrected chi connectivity index (χ1v) is 7.98. The van der Waals surface area contributed by atoms with Crippen molar-refractivity contribution in [3.8, 4) is 5.75 Å². The Bertz CT molecular complexity index is 859. The van der Waals surface area contributed by atoms with Gasteiger partial charge in [0.25, 0.3) is 0 Å². The normalized spacial score (nSPS) is 20.3. The summed E-state index contributed by atoms with van der Waals surface area (Å²) in [5, 5.41) is 10.8. The minimum Gasteiger partial charge on any atom is -0.503 e. The van der Waals surface area contributed by atoms with Crippen LogP contribution in [0.5, 0.6) is 5.75 Å². The number of rotatable bonds is 3. The highest BCUT2D eigenvalue weighted by Crippen LogP contribution is 2.36. The van der Waals surface area contributed by atoms with Gasteiger partial charge >= 0.3 is 0 Å². The van der Waals surface area contributed by atoms with Crippen LogP contribution in [-0.2, 0) is 0 Å². The van der Waals surface area contributed by atoms with Crippen LogP contribution in [-0.4, -0.2) is 30.2 Å². The molecule has 1 heterocycles. The molecule has 3 rings (SSSR count). The SMILES string of the molecule is CC1=NC(C(=O)c2ccccc2)=C[N+](C)(c2ccc(Cl)cc2O)C1. The molecule has 0 saturated carbocycles. The van der Waals surface area contributed by atoms with Crippen molar-refractivity contribution in [1.82, 2.24) is 4.48 Å². The highest BCUT2D eigenvalue weighted by Gasteiger charge is 2.33. The van der Waals surface area contributed by atoms with E-state index >= 15 is 0 Å². The van der Waals surface area contributed by atoms with E-state index in [1.54, 1.807) is 30.5 Å². The highest BCUT2D eigenvalue weighted by atomic mass is 35.5. The number of phenols is 1. The number of nitrogens with zero attached hydrogens (tertiary/aromatic N) is 2. The molecule has 1 aliphatic heterocycles. The molecular weight excluding hydrogens is 324 g/mol. The second kappa shape index (κ2) is 6.23. The summed E-state index contributed by atoms with van der Waals surface area (Å²) in [6, 6.07) is 14.1. The Balaban J connectivity index is 2.06. The molecule has 1 N–H and O–H groups in total. The summed E-state index contributed by atoms with van der Waals surface area (Å²) in [5.41, 5.74) is 2.47. The summed E-state index contributed by atoms with van der Waals surface area (Å²) in [5.74, 6) is -0.0325. The molecule has 1 aliphatic rings. The lowest BCUT2D eigenvalue weighted by atomic mass is 10.1. The Kier molecular flexibility index (Phi) is 4.26. The summed E-state index contributed by atoms with van der Waals surface area (Å²) >= 11 is 5.93. The number of carbonyl (C=O) groups excluding carboxylic acids is 1. The summed E-state index contributed by atoms with van der Waals surface area (Å²) in [6.45, 7) is 2.45. The minimum atomic E-state index is -0.132. The monoisotopic (exact) mass is 341 g/mol. The molecule has 122 valence electrons. The third-order valence-corrected chi connectivity index (χ3v) is 4.27. The van der Waals surface area contributed by atoms with Crippen molar-refractivity contribution in [1.29, 1.82) is 0 Å². The fraction of sp³-hybridized carbons (Fsp3) is 0.158. The number of hydrogen-bond acceptors (Lipinski definition) is 3. The van der Waals surface area contributed by atoms with Crippen molar-refractivity contribution < 1.29 is 9.90 Å². The molecule has 0 spiro atoms. The van der Waals surface area contributed by atoms with E-state index in [1.807, 2.05) is 32.2 Å². The van der Waals surface area contributed by atoms with E-state index in [0.717, 1.165) is 5.71 Å². The molecule has 0 radical (unpaired) electrons. The van der Waals surface area contributed by atoms with E-state index in [-0.39, 0.29) is 16.0 Å². The van der Waals surface area contributed by atoms with Crippen molar-refractivity contribution in [3.05, 3.63) is 71.0 Å². The molecule has 4 nitrogen and oxygen atoms in total. The summed E-state index contributed by atoms with van der Waals surface area (Å²) in [6.07, 6.45) is 1.78. The zero-order valence-electron chi connectivity index (χ0n) is 13.5. The maximum atomic E-state index is 12.7. The summed E-state index contributed by atoms with van der Waals surface area (Å²) < 4.78 is 0.256. The van der Waals surface area contributed by atoms with Crippen LogP contribution in [0.15, 0.2) is 65.4 Å². The number of benzene rings is 2. The van der Waals surface area contributed by atoms with Crippen LogP contribution in [0.4, 0.5) is 5.69 Å². The van der Waals surface area contributed by atoms with Gasteiger partial charge in [-0.3, -0.25) is 9.28 Å². The predicted molar refractivity (Wildman–Crippen MR) is 97.7 cm³/mol. The van der Waals surface area contributed by atoms with Crippen molar-refractivity contribution in [3.63, 3.8) is 0 Å². The number of allylic oxidation sites excluding steroid dienone is 1. The molecule has 0 amide bonds. The molecule has 1 atom stereocenters. The van der Waals surface area contributed by atoms with Gasteiger partial charge in [0, 0.05) is 22.7 Å². The van der Waals surface area contributed by atoms with E-state index < -0.39 is 0 Å². The van der Waals surface area contributed by atoms with Gasteiger partial charge < -0.3 is 5.11 Å². The molecule has 2 aromatic rings. The third kappa shape index (κ3) is 3.11. The van der Waals surface area contributed by atoms with E-state index in [2.05, 4.69) is 4.99 Å². The Morgan fingerprint density at radius 2 is 1.92 bits per heavy atom. The number of carbonyl (C=O) groups is 1. The highest BCUT2D eigenvalue weighted by molar-refractivity contribution is 6.30. The Labute approximate surface area is 145 Å². The maximum Gasteiger partial charge on any atom is 0.216 e. The van der Waals surface area contributed by atoms with Crippen molar-refractivity contribution in [2.24, 2.45) is 4.99 Å². The van der Waals surface area contributed by atoms with Crippen LogP contribution < -0.4 is 4.48 Å². The second-order valence-corrected chi connectivity index (χ2v) is 6.55. The number of aromatic hydroxyl groups is 1. The lowest BCUT2D eigenvalue weighted by Crippen LogP contribution is -2.46. The van der Waals surface area contributed by atoms with Crippen molar-refractivity contribution in [2.45, 2.75) is 6.92 Å². The van der Waals surface area contributed by atoms with Crippen LogP contribution in [0.2, 0.25) is 5.02 Å². The zero-order chi connectivity index (χ0) is 17.3. The van der Waals surface area contributed by atoms with Crippen LogP contribution in [0, 0.1) is 0 Å². The fourth-order valence-electron chi connectivity index (χ4n) is 2.99. The average molecular weight is 342 g/mol. The Morgan fingerprint density at radius 3 is 2.58 bits per heavy atom. The summed E-state index contributed by atoms with van der Waals surface area (Å²) in [4.78, 5) is 17.2. The Hall–Kier alpha value is -2.43. The zero-order valence-corrected chi connectivity index (χ0v) is 14.3. The fourth-order valence-corrected chi connectivity index (χ4v) is 3.16. The first-order chi connectivity index (χ1) is 11.4. The quantitative estimate of drug-likeness (QED) is 0.672. The van der Waals surface area contributed by atoms with Gasteiger partial charge in [0.05, 0.1) is 12.8 Å². The number of quaternary nitrogens is 1. The molecule has 0 aliphatic carbocycles. The molecule has 0 aromatic heterocycles. The summed E-state index contributed by atoms with van der Waals surface area (Å²) in [7, 11) is 1.93. The first-order valence-electron chi connectivity index (χ1n) is 7.60. The van der Waals surface area contributed by atoms with E-state index in [9.17, 15) is 9.90 Å². The van der Waals surface area contributed by atoms with E-state index in [1.165, 1.54) is 6.07 Å². The van der Waals surface area contributed by atoms with Crippen molar-refractivity contribution in [2.75, 3.05) is 13.6 Å². The first kappa shape index (κ1) is 16.4. The van der Waals surface area contributed by atoms with Gasteiger partial charge in [0.15, 0.2) is 17.1 Å². The van der Waals surface area contributed by atoms with Crippen LogP contribution in [0.25, 0.3) is 0 Å². The second-order valence-electron chi connectivity index (χ2n) is 6.12. The van der Waals surface area contributed by atoms with Gasteiger partial charge in [-0.1, -0.05) is 41.9 Å². The molecular formula is C19H18ClN2O2+. The number of Topliss-reactive ketones (excluding diaryl/α,β-unsaturated/α-hetero) is 1. The van der Waals surface area contributed by atoms with Gasteiger partial charge in [-0.2, -0.15) is 0 Å². The lowest BCUT2D eigenvalue weighted by molar-refractivity contribution is 0.103. The topological polar surface area (TPSA) is 49.7 Å². The van der Waals surface area contributed by atoms with E-state index in [4.69, 9.17) is 11.6 Å². The molecule has 1 unspecified atom stereocenters. The number of ketones is 1. The number of halogens is 1. The maximum absolute atomic E-state index is 12.7. The molecule has 24 heavy (non-hydrogen) atoms. The Morgan fingerprint density at radius 1 is 1.21 bits per heavy atom. The number of aliphatic imine (C=N–C) groups is 1. The van der Waals surface area contributed by atoms with Crippen LogP contribution in [0.3, 0.4) is 0 Å². The minimum absolute atomic E-state index is 0.0995. The smallest absolute Gasteiger partial charge is 0.216 e. The number of hydrogen-bond donors (Lipinski definition) is 1. The van der Waals surface area contributed by atoms with Gasteiger partial charge in [0.2, 0.25) is 5.78 Å². The van der Waals surface area contributed by atoms with Crippen LogP contribution in [0.1, 0.15) is 17.3 Å². The third-order valence-electron chi connectivity index (χ3n) is 4.03.